The highest BCUT2D eigenvalue weighted by molar-refractivity contribution is 5.70. The molecule has 19 heavy (non-hydrogen) atoms. The van der Waals surface area contributed by atoms with Crippen molar-refractivity contribution in [3.8, 4) is 11.5 Å². The van der Waals surface area contributed by atoms with E-state index in [0.29, 0.717) is 6.54 Å². The fourth-order valence-electron chi connectivity index (χ4n) is 2.46. The number of hydrogen-bond acceptors (Lipinski definition) is 4. The van der Waals surface area contributed by atoms with Crippen molar-refractivity contribution in [1.82, 2.24) is 0 Å². The molecule has 0 bridgehead atoms. The Kier molecular flexibility index (Phi) is 4.27. The molecular formula is C14H20NO4+. The first kappa shape index (κ1) is 13.7. The Morgan fingerprint density at radius 3 is 2.37 bits per heavy atom. The van der Waals surface area contributed by atoms with Gasteiger partial charge < -0.3 is 19.1 Å². The maximum absolute atomic E-state index is 11.3. The molecule has 0 fully saturated rings. The molecule has 0 spiro atoms. The zero-order chi connectivity index (χ0) is 13.8. The van der Waals surface area contributed by atoms with Gasteiger partial charge in [-0.15, -0.1) is 0 Å². The first-order chi connectivity index (χ1) is 9.17. The van der Waals surface area contributed by atoms with E-state index < -0.39 is 0 Å². The van der Waals surface area contributed by atoms with Crippen LogP contribution >= 0.6 is 0 Å². The maximum Gasteiger partial charge on any atom is 0.361 e. The summed E-state index contributed by atoms with van der Waals surface area (Å²) in [6.07, 6.45) is 0.933. The zero-order valence-corrected chi connectivity index (χ0v) is 11.6. The van der Waals surface area contributed by atoms with Crippen molar-refractivity contribution in [2.75, 3.05) is 34.4 Å². The van der Waals surface area contributed by atoms with Crippen molar-refractivity contribution >= 4 is 5.97 Å². The molecule has 1 aliphatic rings. The second-order valence-electron chi connectivity index (χ2n) is 4.66. The van der Waals surface area contributed by atoms with E-state index in [1.165, 1.54) is 23.1 Å². The summed E-state index contributed by atoms with van der Waals surface area (Å²) in [5.41, 5.74) is 2.48. The number of ether oxygens (including phenoxy) is 3. The topological polar surface area (TPSA) is 49.2 Å². The summed E-state index contributed by atoms with van der Waals surface area (Å²) in [7, 11) is 4.70. The highest BCUT2D eigenvalue weighted by atomic mass is 16.5. The Morgan fingerprint density at radius 2 is 1.79 bits per heavy atom. The number of rotatable bonds is 4. The van der Waals surface area contributed by atoms with Crippen molar-refractivity contribution in [2.45, 2.75) is 13.0 Å². The summed E-state index contributed by atoms with van der Waals surface area (Å²) in [4.78, 5) is 12.5. The monoisotopic (exact) mass is 266 g/mol. The SMILES string of the molecule is COC(=O)C[NH+]1CCc2cc(OC)c(OC)cc2C1. The van der Waals surface area contributed by atoms with Gasteiger partial charge in [-0.25, -0.2) is 4.79 Å². The van der Waals surface area contributed by atoms with Gasteiger partial charge in [-0.2, -0.15) is 0 Å². The molecule has 2 rings (SSSR count). The van der Waals surface area contributed by atoms with Crippen LogP contribution < -0.4 is 14.4 Å². The fourth-order valence-corrected chi connectivity index (χ4v) is 2.46. The fraction of sp³-hybridized carbons (Fsp3) is 0.500. The third-order valence-electron chi connectivity index (χ3n) is 3.52. The molecular weight excluding hydrogens is 246 g/mol. The van der Waals surface area contributed by atoms with Gasteiger partial charge in [0.15, 0.2) is 18.0 Å². The van der Waals surface area contributed by atoms with Crippen LogP contribution in [0, 0.1) is 0 Å². The largest absolute Gasteiger partial charge is 0.493 e. The Balaban J connectivity index is 2.18. The van der Waals surface area contributed by atoms with Crippen LogP contribution in [0.3, 0.4) is 0 Å². The molecule has 0 saturated heterocycles. The van der Waals surface area contributed by atoms with Gasteiger partial charge in [-0.05, 0) is 17.7 Å². The minimum absolute atomic E-state index is 0.168. The molecule has 104 valence electrons. The molecule has 0 aliphatic carbocycles. The standard InChI is InChI=1S/C14H19NO4/c1-17-12-6-10-4-5-15(9-14(16)19-3)8-11(10)7-13(12)18-2/h6-7H,4-5,8-9H2,1-3H3/p+1. The normalized spacial score (nSPS) is 17.5. The van der Waals surface area contributed by atoms with E-state index >= 15 is 0 Å². The highest BCUT2D eigenvalue weighted by Crippen LogP contribution is 2.31. The third kappa shape index (κ3) is 2.98. The number of nitrogens with one attached hydrogen (secondary N) is 1. The van der Waals surface area contributed by atoms with E-state index in [-0.39, 0.29) is 5.97 Å². The van der Waals surface area contributed by atoms with Crippen molar-refractivity contribution in [2.24, 2.45) is 0 Å². The van der Waals surface area contributed by atoms with Gasteiger partial charge in [0.05, 0.1) is 27.9 Å². The van der Waals surface area contributed by atoms with Crippen LogP contribution in [0.25, 0.3) is 0 Å². The quantitative estimate of drug-likeness (QED) is 0.768. The number of fused-ring (bicyclic) bond motifs is 1. The second kappa shape index (κ2) is 5.93. The maximum atomic E-state index is 11.3. The van der Waals surface area contributed by atoms with E-state index in [2.05, 4.69) is 0 Å². The highest BCUT2D eigenvalue weighted by Gasteiger charge is 2.24. The smallest absolute Gasteiger partial charge is 0.361 e. The third-order valence-corrected chi connectivity index (χ3v) is 3.52. The molecule has 0 saturated carbocycles. The molecule has 0 amide bonds. The summed E-state index contributed by atoms with van der Waals surface area (Å²) in [5, 5.41) is 0. The average Bonchev–Trinajstić information content (AvgIpc) is 2.45. The summed E-state index contributed by atoms with van der Waals surface area (Å²) >= 11 is 0. The molecule has 1 aromatic carbocycles. The van der Waals surface area contributed by atoms with E-state index in [9.17, 15) is 4.79 Å². The van der Waals surface area contributed by atoms with E-state index in [4.69, 9.17) is 14.2 Å². The first-order valence-corrected chi connectivity index (χ1v) is 6.32. The Hall–Kier alpha value is -1.75. The lowest BCUT2D eigenvalue weighted by Crippen LogP contribution is -3.12. The molecule has 0 aromatic heterocycles. The van der Waals surface area contributed by atoms with Crippen molar-refractivity contribution in [1.29, 1.82) is 0 Å². The molecule has 5 nitrogen and oxygen atoms in total. The average molecular weight is 266 g/mol. The molecule has 1 aliphatic heterocycles. The van der Waals surface area contributed by atoms with Crippen LogP contribution in [-0.4, -0.2) is 40.4 Å². The van der Waals surface area contributed by atoms with E-state index in [1.807, 2.05) is 12.1 Å². The molecule has 5 heteroatoms. The predicted molar refractivity (Wildman–Crippen MR) is 69.7 cm³/mol. The molecule has 1 unspecified atom stereocenters. The van der Waals surface area contributed by atoms with Crippen LogP contribution in [0.15, 0.2) is 12.1 Å². The van der Waals surface area contributed by atoms with E-state index in [1.54, 1.807) is 14.2 Å². The Morgan fingerprint density at radius 1 is 1.16 bits per heavy atom. The molecule has 1 N–H and O–H groups in total. The predicted octanol–water partition coefficient (Wildman–Crippen LogP) is -0.182. The number of hydrogen-bond donors (Lipinski definition) is 1. The summed E-state index contributed by atoms with van der Waals surface area (Å²) in [5.74, 6) is 1.33. The second-order valence-corrected chi connectivity index (χ2v) is 4.66. The minimum Gasteiger partial charge on any atom is -0.493 e. The summed E-state index contributed by atoms with van der Waals surface area (Å²) in [6.45, 7) is 2.15. The van der Waals surface area contributed by atoms with E-state index in [0.717, 1.165) is 31.0 Å². The van der Waals surface area contributed by atoms with Crippen LogP contribution in [0.1, 0.15) is 11.1 Å². The van der Waals surface area contributed by atoms with Gasteiger partial charge in [0, 0.05) is 12.0 Å². The number of quaternary nitrogens is 1. The minimum atomic E-state index is -0.168. The number of carbonyl (C=O) groups excluding carboxylic acids is 1. The zero-order valence-electron chi connectivity index (χ0n) is 11.6. The number of benzene rings is 1. The molecule has 1 atom stereocenters. The number of methoxy groups -OCH3 is 3. The Bertz CT molecular complexity index is 473. The molecule has 0 radical (unpaired) electrons. The van der Waals surface area contributed by atoms with Crippen molar-refractivity contribution in [3.63, 3.8) is 0 Å². The summed E-state index contributed by atoms with van der Waals surface area (Å²) < 4.78 is 15.3. The van der Waals surface area contributed by atoms with Crippen molar-refractivity contribution in [3.05, 3.63) is 23.3 Å². The van der Waals surface area contributed by atoms with Gasteiger partial charge in [-0.1, -0.05) is 0 Å². The van der Waals surface area contributed by atoms with Crippen LogP contribution in [0.5, 0.6) is 11.5 Å². The van der Waals surface area contributed by atoms with Gasteiger partial charge in [0.1, 0.15) is 6.54 Å². The van der Waals surface area contributed by atoms with Crippen LogP contribution in [-0.2, 0) is 22.5 Å². The lowest BCUT2D eigenvalue weighted by Gasteiger charge is -2.25. The Labute approximate surface area is 113 Å². The molecule has 1 aromatic rings. The lowest BCUT2D eigenvalue weighted by atomic mass is 9.99. The van der Waals surface area contributed by atoms with Gasteiger partial charge in [0.25, 0.3) is 0 Å². The van der Waals surface area contributed by atoms with Crippen LogP contribution in [0.4, 0.5) is 0 Å². The van der Waals surface area contributed by atoms with Gasteiger partial charge in [0.2, 0.25) is 0 Å². The summed E-state index contributed by atoms with van der Waals surface area (Å²) in [6, 6.07) is 4.04. The van der Waals surface area contributed by atoms with Crippen molar-refractivity contribution < 1.29 is 23.9 Å². The molecule has 1 heterocycles. The van der Waals surface area contributed by atoms with Gasteiger partial charge in [-0.3, -0.25) is 0 Å². The number of esters is 1. The first-order valence-electron chi connectivity index (χ1n) is 6.32. The van der Waals surface area contributed by atoms with Gasteiger partial charge >= 0.3 is 5.97 Å². The number of carbonyl (C=O) groups is 1. The van der Waals surface area contributed by atoms with Crippen LogP contribution in [0.2, 0.25) is 0 Å². The lowest BCUT2D eigenvalue weighted by molar-refractivity contribution is -0.908.